The van der Waals surface area contributed by atoms with Crippen molar-refractivity contribution in [2.24, 2.45) is 29.1 Å². The van der Waals surface area contributed by atoms with Gasteiger partial charge in [0, 0.05) is 37.3 Å². The number of carbonyl (C=O) groups is 4. The fraction of sp³-hybridized carbons (Fsp3) is 0.625. The molecule has 1 saturated heterocycles. The van der Waals surface area contributed by atoms with Crippen LogP contribution in [-0.4, -0.2) is 78.3 Å². The summed E-state index contributed by atoms with van der Waals surface area (Å²) in [5, 5.41) is -0.844. The van der Waals surface area contributed by atoms with Gasteiger partial charge in [-0.1, -0.05) is 37.6 Å². The van der Waals surface area contributed by atoms with E-state index in [1.165, 1.54) is 12.0 Å². The Kier molecular flexibility index (Phi) is 11.4. The highest BCUT2D eigenvalue weighted by atomic mass is 35.5. The summed E-state index contributed by atoms with van der Waals surface area (Å²) in [7, 11) is -3.12. The topological polar surface area (TPSA) is 158 Å². The van der Waals surface area contributed by atoms with Gasteiger partial charge in [-0.2, -0.15) is 0 Å². The maximum Gasteiger partial charge on any atom is 0.307 e. The van der Waals surface area contributed by atoms with Crippen molar-refractivity contribution < 1.29 is 46.2 Å². The number of allylic oxidation sites excluding steroid dienone is 2. The molecule has 0 bridgehead atoms. The molecule has 12 nitrogen and oxygen atoms in total. The SMILES string of the molecule is COc1cc2ccnc(O[C@@H]3C[C@H]4C(=O)C[C@]5(C(=O)NS(=O)(=O)C6(F)CC6)C[C@H]5/C=C\CC[C@@H](C)C[C@@H](C)[C@H](CC(=O)OC(C)(C)C)C(=O)N4C3)c2cc1Cl. The number of fused-ring (bicyclic) bond motifs is 3. The molecule has 1 N–H and O–H groups in total. The Morgan fingerprint density at radius 3 is 2.55 bits per heavy atom. The summed E-state index contributed by atoms with van der Waals surface area (Å²) < 4.78 is 59.9. The molecule has 7 atom stereocenters. The molecule has 3 fully saturated rings. The average Bonchev–Trinajstić information content (AvgIpc) is 3.98. The smallest absolute Gasteiger partial charge is 0.307 e. The number of carbonyl (C=O) groups excluding carboxylic acids is 4. The van der Waals surface area contributed by atoms with Gasteiger partial charge < -0.3 is 19.1 Å². The summed E-state index contributed by atoms with van der Waals surface area (Å²) in [6, 6.07) is 4.12. The summed E-state index contributed by atoms with van der Waals surface area (Å²) in [6.45, 7) is 9.25. The van der Waals surface area contributed by atoms with E-state index in [1.54, 1.807) is 45.2 Å². The number of pyridine rings is 1. The van der Waals surface area contributed by atoms with Crippen molar-refractivity contribution >= 4 is 56.0 Å². The molecule has 0 unspecified atom stereocenters. The van der Waals surface area contributed by atoms with Gasteiger partial charge in [-0.3, -0.25) is 19.2 Å². The zero-order valence-corrected chi connectivity index (χ0v) is 33.8. The van der Waals surface area contributed by atoms with Crippen molar-refractivity contribution in [3.05, 3.63) is 41.6 Å². The number of benzene rings is 1. The molecule has 2 saturated carbocycles. The van der Waals surface area contributed by atoms with Crippen molar-refractivity contribution in [2.75, 3.05) is 13.7 Å². The molecule has 3 heterocycles. The number of aromatic nitrogens is 1. The molecule has 1 aromatic carbocycles. The number of ketones is 1. The van der Waals surface area contributed by atoms with Crippen LogP contribution < -0.4 is 14.2 Å². The first-order chi connectivity index (χ1) is 25.8. The Labute approximate surface area is 326 Å². The quantitative estimate of drug-likeness (QED) is 0.232. The molecule has 0 radical (unpaired) electrons. The summed E-state index contributed by atoms with van der Waals surface area (Å²) >= 11 is 6.46. The number of Topliss-reactive ketones (excluding diaryl/α,β-unsaturated/α-hetero) is 1. The number of nitrogens with one attached hydrogen (secondary N) is 1. The van der Waals surface area contributed by atoms with Crippen molar-refractivity contribution in [3.8, 4) is 11.6 Å². The number of rotatable bonds is 8. The predicted octanol–water partition coefficient (Wildman–Crippen LogP) is 6.48. The Morgan fingerprint density at radius 2 is 1.87 bits per heavy atom. The third-order valence-corrected chi connectivity index (χ3v) is 13.5. The Hall–Kier alpha value is -3.78. The van der Waals surface area contributed by atoms with Crippen LogP contribution in [0.3, 0.4) is 0 Å². The number of esters is 1. The Bertz CT molecular complexity index is 2000. The summed E-state index contributed by atoms with van der Waals surface area (Å²) in [6.07, 6.45) is 5.89. The lowest BCUT2D eigenvalue weighted by molar-refractivity contribution is -0.160. The number of methoxy groups -OCH3 is 1. The molecule has 0 spiro atoms. The number of amides is 2. The lowest BCUT2D eigenvalue weighted by Crippen LogP contribution is -2.48. The van der Waals surface area contributed by atoms with Crippen molar-refractivity contribution in [1.82, 2.24) is 14.6 Å². The highest BCUT2D eigenvalue weighted by molar-refractivity contribution is 7.91. The zero-order chi connectivity index (χ0) is 40.1. The van der Waals surface area contributed by atoms with Crippen LogP contribution in [0.5, 0.6) is 11.6 Å². The lowest BCUT2D eigenvalue weighted by atomic mass is 9.82. The standard InChI is InChI=1S/C40H51ClFN3O9S/c1-23-9-7-8-10-26-20-39(26,37(49)44-55(50,51)40(42)12-13-40)21-32(46)31-17-27(53-35-29-18-30(41)33(52-6)16-25(29)11-14-43-35)22-45(31)36(48)28(24(2)15-23)19-34(47)54-38(3,4)5/h8,10-11,14,16,18,23-24,26-28,31H,7,9,12-13,15,17,19-22H2,1-6H3,(H,44,49)/b10-8-/t23-,24-,26-,27-,28+,31+,39-/m1/s1. The second-order valence-electron chi connectivity index (χ2n) is 17.0. The van der Waals surface area contributed by atoms with Gasteiger partial charge >= 0.3 is 5.97 Å². The monoisotopic (exact) mass is 803 g/mol. The van der Waals surface area contributed by atoms with E-state index in [0.29, 0.717) is 29.0 Å². The molecular weight excluding hydrogens is 753 g/mol. The fourth-order valence-electron chi connectivity index (χ4n) is 8.09. The third kappa shape index (κ3) is 8.80. The molecule has 1 aromatic heterocycles. The summed E-state index contributed by atoms with van der Waals surface area (Å²) in [5.41, 5.74) is -2.22. The van der Waals surface area contributed by atoms with E-state index in [4.69, 9.17) is 25.8 Å². The highest BCUT2D eigenvalue weighted by Gasteiger charge is 2.64. The molecule has 55 heavy (non-hydrogen) atoms. The van der Waals surface area contributed by atoms with Crippen LogP contribution >= 0.6 is 11.6 Å². The van der Waals surface area contributed by atoms with Gasteiger partial charge in [0.15, 0.2) is 5.78 Å². The van der Waals surface area contributed by atoms with Gasteiger partial charge in [0.25, 0.3) is 10.0 Å². The Morgan fingerprint density at radius 1 is 1.15 bits per heavy atom. The van der Waals surface area contributed by atoms with Crippen LogP contribution in [-0.2, 0) is 33.9 Å². The van der Waals surface area contributed by atoms with Gasteiger partial charge in [0.05, 0.1) is 42.5 Å². The predicted molar refractivity (Wildman–Crippen MR) is 203 cm³/mol. The van der Waals surface area contributed by atoms with E-state index in [0.717, 1.165) is 11.8 Å². The first kappa shape index (κ1) is 40.9. The van der Waals surface area contributed by atoms with E-state index < -0.39 is 73.6 Å². The molecular formula is C40H51ClFN3O9S. The number of ether oxygens (including phenoxy) is 3. The Balaban J connectivity index is 1.35. The number of hydrogen-bond acceptors (Lipinski definition) is 10. The molecule has 2 aliphatic carbocycles. The minimum absolute atomic E-state index is 0.0223. The van der Waals surface area contributed by atoms with Crippen LogP contribution in [0, 0.1) is 29.1 Å². The van der Waals surface area contributed by atoms with Gasteiger partial charge in [-0.25, -0.2) is 22.5 Å². The van der Waals surface area contributed by atoms with Crippen LogP contribution in [0.25, 0.3) is 10.8 Å². The van der Waals surface area contributed by atoms with Crippen LogP contribution in [0.4, 0.5) is 4.39 Å². The normalized spacial score (nSPS) is 30.3. The van der Waals surface area contributed by atoms with Crippen molar-refractivity contribution in [3.63, 3.8) is 0 Å². The largest absolute Gasteiger partial charge is 0.495 e. The van der Waals surface area contributed by atoms with E-state index in [9.17, 15) is 32.0 Å². The fourth-order valence-corrected chi connectivity index (χ4v) is 9.60. The maximum atomic E-state index is 14.8. The van der Waals surface area contributed by atoms with Crippen LogP contribution in [0.15, 0.2) is 36.5 Å². The second-order valence-corrected chi connectivity index (χ2v) is 19.3. The number of hydrogen-bond donors (Lipinski definition) is 1. The number of halogens is 2. The van der Waals surface area contributed by atoms with Crippen LogP contribution in [0.2, 0.25) is 5.02 Å². The first-order valence-electron chi connectivity index (χ1n) is 19.0. The molecule has 15 heteroatoms. The van der Waals surface area contributed by atoms with Gasteiger partial charge in [-0.15, -0.1) is 0 Å². The number of sulfonamides is 1. The van der Waals surface area contributed by atoms with Crippen molar-refractivity contribution in [2.45, 2.75) is 115 Å². The second kappa shape index (κ2) is 15.3. The van der Waals surface area contributed by atoms with E-state index in [1.807, 2.05) is 23.8 Å². The minimum atomic E-state index is -4.62. The van der Waals surface area contributed by atoms with E-state index in [2.05, 4.69) is 11.9 Å². The third-order valence-electron chi connectivity index (χ3n) is 11.4. The minimum Gasteiger partial charge on any atom is -0.495 e. The molecule has 2 aromatic rings. The number of alkyl halides is 1. The van der Waals surface area contributed by atoms with E-state index >= 15 is 0 Å². The highest BCUT2D eigenvalue weighted by Crippen LogP contribution is 2.58. The maximum absolute atomic E-state index is 14.8. The van der Waals surface area contributed by atoms with Gasteiger partial charge in [-0.05, 0) is 87.8 Å². The molecule has 6 rings (SSSR count). The molecule has 2 amide bonds. The van der Waals surface area contributed by atoms with Gasteiger partial charge in [0.2, 0.25) is 22.7 Å². The summed E-state index contributed by atoms with van der Waals surface area (Å²) in [4.78, 5) is 62.4. The lowest BCUT2D eigenvalue weighted by Gasteiger charge is -2.32. The number of nitrogens with zero attached hydrogens (tertiary/aromatic N) is 2. The molecule has 2 aliphatic heterocycles. The van der Waals surface area contributed by atoms with Crippen molar-refractivity contribution in [1.29, 1.82) is 0 Å². The average molecular weight is 804 g/mol. The first-order valence-corrected chi connectivity index (χ1v) is 20.9. The van der Waals surface area contributed by atoms with Gasteiger partial charge in [0.1, 0.15) is 17.5 Å². The zero-order valence-electron chi connectivity index (χ0n) is 32.2. The van der Waals surface area contributed by atoms with Crippen LogP contribution in [0.1, 0.15) is 92.4 Å². The molecule has 300 valence electrons. The summed E-state index contributed by atoms with van der Waals surface area (Å²) in [5.74, 6) is -3.03. The van der Waals surface area contributed by atoms with E-state index in [-0.39, 0.29) is 62.8 Å². The molecule has 4 aliphatic rings.